The van der Waals surface area contributed by atoms with Crippen LogP contribution < -0.4 is 5.73 Å². The number of benzene rings is 1. The molecule has 0 radical (unpaired) electrons. The molecule has 1 aromatic carbocycles. The summed E-state index contributed by atoms with van der Waals surface area (Å²) in [6, 6.07) is 7.79. The highest BCUT2D eigenvalue weighted by atomic mass is 16.2. The zero-order chi connectivity index (χ0) is 14.2. The van der Waals surface area contributed by atoms with Crippen molar-refractivity contribution >= 4 is 11.8 Å². The maximum atomic E-state index is 12.6. The van der Waals surface area contributed by atoms with Gasteiger partial charge >= 0.3 is 0 Å². The first kappa shape index (κ1) is 13.3. The molecular weight excluding hydrogens is 252 g/mol. The van der Waals surface area contributed by atoms with E-state index in [9.17, 15) is 9.59 Å². The molecule has 0 bridgehead atoms. The fourth-order valence-corrected chi connectivity index (χ4v) is 3.50. The third-order valence-corrected chi connectivity index (χ3v) is 4.62. The summed E-state index contributed by atoms with van der Waals surface area (Å²) in [6.07, 6.45) is 4.28. The van der Waals surface area contributed by atoms with E-state index < -0.39 is 0 Å². The van der Waals surface area contributed by atoms with Gasteiger partial charge in [-0.15, -0.1) is 0 Å². The number of rotatable bonds is 3. The molecule has 4 nitrogen and oxygen atoms in total. The second kappa shape index (κ2) is 5.02. The minimum Gasteiger partial charge on any atom is -0.326 e. The number of imide groups is 1. The van der Waals surface area contributed by atoms with Crippen LogP contribution in [-0.2, 0) is 22.7 Å². The zero-order valence-electron chi connectivity index (χ0n) is 11.6. The Kier molecular flexibility index (Phi) is 3.34. The molecule has 2 N–H and O–H groups in total. The van der Waals surface area contributed by atoms with E-state index in [2.05, 4.69) is 0 Å². The van der Waals surface area contributed by atoms with Gasteiger partial charge < -0.3 is 5.73 Å². The molecule has 1 spiro atoms. The number of hydrogen-bond donors (Lipinski definition) is 1. The molecule has 1 aliphatic carbocycles. The minimum absolute atomic E-state index is 0.0185. The predicted molar refractivity (Wildman–Crippen MR) is 75.4 cm³/mol. The molecule has 0 aromatic heterocycles. The van der Waals surface area contributed by atoms with Crippen LogP contribution in [0.3, 0.4) is 0 Å². The Morgan fingerprint density at radius 1 is 1.15 bits per heavy atom. The van der Waals surface area contributed by atoms with E-state index in [0.29, 0.717) is 19.5 Å². The smallest absolute Gasteiger partial charge is 0.236 e. The summed E-state index contributed by atoms with van der Waals surface area (Å²) >= 11 is 0. The molecule has 3 rings (SSSR count). The van der Waals surface area contributed by atoms with E-state index in [1.807, 2.05) is 24.3 Å². The van der Waals surface area contributed by atoms with E-state index in [4.69, 9.17) is 5.73 Å². The summed E-state index contributed by atoms with van der Waals surface area (Å²) in [4.78, 5) is 26.2. The van der Waals surface area contributed by atoms with E-state index >= 15 is 0 Å². The van der Waals surface area contributed by atoms with Gasteiger partial charge in [-0.05, 0) is 24.0 Å². The van der Waals surface area contributed by atoms with Gasteiger partial charge in [-0.1, -0.05) is 37.1 Å². The molecule has 1 saturated carbocycles. The Labute approximate surface area is 118 Å². The first-order valence-electron chi connectivity index (χ1n) is 7.27. The molecule has 106 valence electrons. The van der Waals surface area contributed by atoms with Crippen LogP contribution in [0.5, 0.6) is 0 Å². The summed E-state index contributed by atoms with van der Waals surface area (Å²) in [6.45, 7) is 0.854. The Morgan fingerprint density at radius 3 is 2.55 bits per heavy atom. The molecule has 2 aliphatic rings. The van der Waals surface area contributed by atoms with E-state index in [1.165, 1.54) is 4.90 Å². The molecule has 20 heavy (non-hydrogen) atoms. The van der Waals surface area contributed by atoms with Gasteiger partial charge in [0.25, 0.3) is 0 Å². The van der Waals surface area contributed by atoms with Crippen LogP contribution in [0, 0.1) is 5.41 Å². The number of nitrogens with zero attached hydrogens (tertiary/aromatic N) is 1. The number of amides is 2. The molecule has 1 saturated heterocycles. The van der Waals surface area contributed by atoms with Gasteiger partial charge in [0.1, 0.15) is 0 Å². The van der Waals surface area contributed by atoms with Crippen molar-refractivity contribution in [3.05, 3.63) is 35.4 Å². The van der Waals surface area contributed by atoms with E-state index in [1.54, 1.807) is 0 Å². The van der Waals surface area contributed by atoms with Gasteiger partial charge in [0.15, 0.2) is 0 Å². The van der Waals surface area contributed by atoms with E-state index in [-0.39, 0.29) is 17.2 Å². The van der Waals surface area contributed by atoms with Gasteiger partial charge in [-0.2, -0.15) is 0 Å². The lowest BCUT2D eigenvalue weighted by Gasteiger charge is -2.21. The molecule has 1 heterocycles. The lowest BCUT2D eigenvalue weighted by Crippen LogP contribution is -2.33. The number of hydrogen-bond acceptors (Lipinski definition) is 3. The van der Waals surface area contributed by atoms with Crippen molar-refractivity contribution in [3.63, 3.8) is 0 Å². The number of nitrogens with two attached hydrogens (primary N) is 1. The highest BCUT2D eigenvalue weighted by Gasteiger charge is 2.52. The summed E-state index contributed by atoms with van der Waals surface area (Å²) in [5.74, 6) is 0.0215. The average Bonchev–Trinajstić information content (AvgIpc) is 3.01. The maximum Gasteiger partial charge on any atom is 0.236 e. The van der Waals surface area contributed by atoms with Crippen molar-refractivity contribution in [2.75, 3.05) is 0 Å². The number of carbonyl (C=O) groups is 2. The Hall–Kier alpha value is -1.68. The van der Waals surface area contributed by atoms with E-state index in [0.717, 1.165) is 36.8 Å². The van der Waals surface area contributed by atoms with Crippen LogP contribution in [0.2, 0.25) is 0 Å². The largest absolute Gasteiger partial charge is 0.326 e. The SMILES string of the molecule is NCc1cccc(CN2C(=O)CC3(CCCC3)C2=O)c1. The topological polar surface area (TPSA) is 63.4 Å². The van der Waals surface area contributed by atoms with Crippen molar-refractivity contribution in [2.24, 2.45) is 11.1 Å². The summed E-state index contributed by atoms with van der Waals surface area (Å²) in [7, 11) is 0. The third-order valence-electron chi connectivity index (χ3n) is 4.62. The predicted octanol–water partition coefficient (Wildman–Crippen LogP) is 1.96. The zero-order valence-corrected chi connectivity index (χ0v) is 11.6. The number of likely N-dealkylation sites (tertiary alicyclic amines) is 1. The molecule has 2 amide bonds. The van der Waals surface area contributed by atoms with Crippen molar-refractivity contribution in [1.29, 1.82) is 0 Å². The van der Waals surface area contributed by atoms with Crippen LogP contribution in [0.25, 0.3) is 0 Å². The van der Waals surface area contributed by atoms with Crippen molar-refractivity contribution < 1.29 is 9.59 Å². The minimum atomic E-state index is -0.372. The van der Waals surface area contributed by atoms with Crippen molar-refractivity contribution in [3.8, 4) is 0 Å². The Balaban J connectivity index is 1.80. The summed E-state index contributed by atoms with van der Waals surface area (Å²) in [5.41, 5.74) is 7.26. The van der Waals surface area contributed by atoms with Gasteiger partial charge in [-0.25, -0.2) is 0 Å². The van der Waals surface area contributed by atoms with Gasteiger partial charge in [0.2, 0.25) is 11.8 Å². The summed E-state index contributed by atoms with van der Waals surface area (Å²) in [5, 5.41) is 0. The molecule has 0 atom stereocenters. The van der Waals surface area contributed by atoms with Crippen LogP contribution in [-0.4, -0.2) is 16.7 Å². The summed E-state index contributed by atoms with van der Waals surface area (Å²) < 4.78 is 0. The van der Waals surface area contributed by atoms with Crippen LogP contribution in [0.15, 0.2) is 24.3 Å². The van der Waals surface area contributed by atoms with Gasteiger partial charge in [0, 0.05) is 13.0 Å². The number of carbonyl (C=O) groups excluding carboxylic acids is 2. The highest BCUT2D eigenvalue weighted by molar-refractivity contribution is 6.05. The van der Waals surface area contributed by atoms with Crippen LogP contribution >= 0.6 is 0 Å². The first-order chi connectivity index (χ1) is 9.64. The molecule has 4 heteroatoms. The van der Waals surface area contributed by atoms with Crippen molar-refractivity contribution in [1.82, 2.24) is 4.90 Å². The lowest BCUT2D eigenvalue weighted by molar-refractivity contribution is -0.142. The maximum absolute atomic E-state index is 12.6. The van der Waals surface area contributed by atoms with Crippen LogP contribution in [0.1, 0.15) is 43.2 Å². The van der Waals surface area contributed by atoms with Gasteiger partial charge in [0.05, 0.1) is 12.0 Å². The highest BCUT2D eigenvalue weighted by Crippen LogP contribution is 2.47. The Bertz CT molecular complexity index is 547. The fraction of sp³-hybridized carbons (Fsp3) is 0.500. The second-order valence-corrected chi connectivity index (χ2v) is 5.97. The normalized spacial score (nSPS) is 21.1. The molecule has 1 aliphatic heterocycles. The van der Waals surface area contributed by atoms with Crippen LogP contribution in [0.4, 0.5) is 0 Å². The lowest BCUT2D eigenvalue weighted by atomic mass is 9.84. The second-order valence-electron chi connectivity index (χ2n) is 5.97. The standard InChI is InChI=1S/C16H20N2O2/c17-10-12-4-3-5-13(8-12)11-18-14(19)9-16(15(18)20)6-1-2-7-16/h3-5,8H,1-2,6-7,9-11,17H2. The molecule has 0 unspecified atom stereocenters. The quantitative estimate of drug-likeness (QED) is 0.856. The average molecular weight is 272 g/mol. The first-order valence-corrected chi connectivity index (χ1v) is 7.27. The molecule has 1 aromatic rings. The fourth-order valence-electron chi connectivity index (χ4n) is 3.50. The van der Waals surface area contributed by atoms with Crippen molar-refractivity contribution in [2.45, 2.75) is 45.2 Å². The monoisotopic (exact) mass is 272 g/mol. The molecule has 2 fully saturated rings. The molecular formula is C16H20N2O2. The Morgan fingerprint density at radius 2 is 1.85 bits per heavy atom. The third kappa shape index (κ3) is 2.14. The van der Waals surface area contributed by atoms with Gasteiger partial charge in [-0.3, -0.25) is 14.5 Å².